The van der Waals surface area contributed by atoms with Crippen LogP contribution in [0.25, 0.3) is 10.8 Å². The van der Waals surface area contributed by atoms with E-state index >= 15 is 0 Å². The standard InChI is InChI=1S/C28H33Cl2N3O4S/c1-4-6-16-31-28(35)26(5-2)33(18-23-24(29)12-9-13-25(23)30)27(34)19-32(3)38(36,37)22-15-14-20-10-7-8-11-21(20)17-22/h7-15,17,26H,4-6,16,18-19H2,1-3H3,(H,31,35). The number of nitrogens with zero attached hydrogens (tertiary/aromatic N) is 2. The van der Waals surface area contributed by atoms with Gasteiger partial charge in [0, 0.05) is 35.7 Å². The van der Waals surface area contributed by atoms with Crippen molar-refractivity contribution in [3.05, 3.63) is 76.3 Å². The zero-order valence-electron chi connectivity index (χ0n) is 21.8. The highest BCUT2D eigenvalue weighted by Crippen LogP contribution is 2.27. The first kappa shape index (κ1) is 29.9. The molecule has 7 nitrogen and oxygen atoms in total. The number of benzene rings is 3. The van der Waals surface area contributed by atoms with Crippen LogP contribution >= 0.6 is 23.2 Å². The predicted octanol–water partition coefficient (Wildman–Crippen LogP) is 5.49. The number of hydrogen-bond donors (Lipinski definition) is 1. The number of halogens is 2. The predicted molar refractivity (Wildman–Crippen MR) is 153 cm³/mol. The number of sulfonamides is 1. The first-order valence-electron chi connectivity index (χ1n) is 12.5. The highest BCUT2D eigenvalue weighted by molar-refractivity contribution is 7.89. The van der Waals surface area contributed by atoms with Crippen molar-refractivity contribution in [1.29, 1.82) is 0 Å². The molecule has 0 aliphatic heterocycles. The Hall–Kier alpha value is -2.65. The van der Waals surface area contributed by atoms with Gasteiger partial charge in [0.05, 0.1) is 11.4 Å². The molecule has 0 aliphatic rings. The van der Waals surface area contributed by atoms with E-state index < -0.39 is 28.5 Å². The summed E-state index contributed by atoms with van der Waals surface area (Å²) >= 11 is 12.8. The molecule has 0 aromatic heterocycles. The Labute approximate surface area is 234 Å². The lowest BCUT2D eigenvalue weighted by molar-refractivity contribution is -0.141. The topological polar surface area (TPSA) is 86.8 Å². The Morgan fingerprint density at radius 1 is 0.947 bits per heavy atom. The third-order valence-electron chi connectivity index (χ3n) is 6.39. The molecule has 0 fully saturated rings. The molecule has 3 aromatic rings. The second-order valence-electron chi connectivity index (χ2n) is 9.06. The molecular weight excluding hydrogens is 545 g/mol. The third-order valence-corrected chi connectivity index (χ3v) is 8.90. The number of hydrogen-bond acceptors (Lipinski definition) is 4. The Morgan fingerprint density at radius 3 is 2.24 bits per heavy atom. The lowest BCUT2D eigenvalue weighted by atomic mass is 10.1. The summed E-state index contributed by atoms with van der Waals surface area (Å²) < 4.78 is 27.8. The SMILES string of the molecule is CCCCNC(=O)C(CC)N(Cc1c(Cl)cccc1Cl)C(=O)CN(C)S(=O)(=O)c1ccc2ccccc2c1. The molecule has 204 valence electrons. The average molecular weight is 579 g/mol. The third kappa shape index (κ3) is 7.05. The number of nitrogens with one attached hydrogen (secondary N) is 1. The Kier molecular flexibility index (Phi) is 10.6. The molecule has 3 rings (SSSR count). The van der Waals surface area contributed by atoms with E-state index in [9.17, 15) is 18.0 Å². The second-order valence-corrected chi connectivity index (χ2v) is 11.9. The summed E-state index contributed by atoms with van der Waals surface area (Å²) in [5, 5.41) is 5.28. The van der Waals surface area contributed by atoms with Crippen LogP contribution in [0.2, 0.25) is 10.0 Å². The van der Waals surface area contributed by atoms with Gasteiger partial charge in [-0.05, 0) is 47.9 Å². The van der Waals surface area contributed by atoms with Gasteiger partial charge in [-0.15, -0.1) is 0 Å². The molecule has 38 heavy (non-hydrogen) atoms. The number of rotatable bonds is 12. The normalized spacial score (nSPS) is 12.5. The van der Waals surface area contributed by atoms with Crippen molar-refractivity contribution < 1.29 is 18.0 Å². The molecular formula is C28H33Cl2N3O4S. The molecule has 1 unspecified atom stereocenters. The van der Waals surface area contributed by atoms with Crippen molar-refractivity contribution in [1.82, 2.24) is 14.5 Å². The van der Waals surface area contributed by atoms with E-state index in [1.807, 2.05) is 31.2 Å². The minimum absolute atomic E-state index is 0.0408. The van der Waals surface area contributed by atoms with Gasteiger partial charge in [0.15, 0.2) is 0 Å². The highest BCUT2D eigenvalue weighted by atomic mass is 35.5. The van der Waals surface area contributed by atoms with Crippen molar-refractivity contribution in [3.63, 3.8) is 0 Å². The minimum atomic E-state index is -3.99. The van der Waals surface area contributed by atoms with E-state index in [0.29, 0.717) is 28.6 Å². The molecule has 0 aliphatic carbocycles. The first-order chi connectivity index (χ1) is 18.1. The van der Waals surface area contributed by atoms with Crippen LogP contribution in [-0.4, -0.2) is 55.6 Å². The molecule has 1 atom stereocenters. The van der Waals surface area contributed by atoms with E-state index in [0.717, 1.165) is 27.9 Å². The summed E-state index contributed by atoms with van der Waals surface area (Å²) in [5.41, 5.74) is 0.490. The van der Waals surface area contributed by atoms with E-state index in [1.165, 1.54) is 18.0 Å². The van der Waals surface area contributed by atoms with Gasteiger partial charge in [0.1, 0.15) is 6.04 Å². The van der Waals surface area contributed by atoms with Gasteiger partial charge < -0.3 is 10.2 Å². The van der Waals surface area contributed by atoms with Crippen LogP contribution in [0.5, 0.6) is 0 Å². The largest absolute Gasteiger partial charge is 0.354 e. The monoisotopic (exact) mass is 577 g/mol. The second kappa shape index (κ2) is 13.4. The molecule has 0 bridgehead atoms. The zero-order valence-corrected chi connectivity index (χ0v) is 24.1. The van der Waals surface area contributed by atoms with Crippen molar-refractivity contribution in [2.75, 3.05) is 20.1 Å². The molecule has 1 N–H and O–H groups in total. The van der Waals surface area contributed by atoms with Gasteiger partial charge in [-0.2, -0.15) is 4.31 Å². The van der Waals surface area contributed by atoms with Gasteiger partial charge in [-0.3, -0.25) is 9.59 Å². The first-order valence-corrected chi connectivity index (χ1v) is 14.7. The van der Waals surface area contributed by atoms with E-state index in [-0.39, 0.29) is 17.3 Å². The van der Waals surface area contributed by atoms with Gasteiger partial charge in [-0.1, -0.05) is 79.9 Å². The minimum Gasteiger partial charge on any atom is -0.354 e. The number of unbranched alkanes of at least 4 members (excludes halogenated alkanes) is 1. The molecule has 2 amide bonds. The van der Waals surface area contributed by atoms with E-state index in [2.05, 4.69) is 5.32 Å². The fraction of sp³-hybridized carbons (Fsp3) is 0.357. The average Bonchev–Trinajstić information content (AvgIpc) is 2.89. The number of fused-ring (bicyclic) bond motifs is 1. The number of likely N-dealkylation sites (N-methyl/N-ethyl adjacent to an activating group) is 1. The lowest BCUT2D eigenvalue weighted by Crippen LogP contribution is -2.52. The van der Waals surface area contributed by atoms with Crippen LogP contribution in [-0.2, 0) is 26.2 Å². The maximum atomic E-state index is 13.7. The number of carbonyl (C=O) groups excluding carboxylic acids is 2. The van der Waals surface area contributed by atoms with Crippen molar-refractivity contribution >= 4 is 55.8 Å². The summed E-state index contributed by atoms with van der Waals surface area (Å²) in [6, 6.07) is 16.5. The van der Waals surface area contributed by atoms with Crippen LogP contribution in [0, 0.1) is 0 Å². The molecule has 0 saturated heterocycles. The number of carbonyl (C=O) groups is 2. The van der Waals surface area contributed by atoms with Crippen LogP contribution in [0.3, 0.4) is 0 Å². The van der Waals surface area contributed by atoms with Crippen LogP contribution in [0.4, 0.5) is 0 Å². The summed E-state index contributed by atoms with van der Waals surface area (Å²) in [4.78, 5) is 28.2. The maximum Gasteiger partial charge on any atom is 0.243 e. The fourth-order valence-corrected chi connectivity index (χ4v) is 5.83. The number of amides is 2. The quantitative estimate of drug-likeness (QED) is 0.288. The van der Waals surface area contributed by atoms with Crippen LogP contribution < -0.4 is 5.32 Å². The van der Waals surface area contributed by atoms with E-state index in [4.69, 9.17) is 23.2 Å². The Balaban J connectivity index is 1.90. The molecule has 0 heterocycles. The summed E-state index contributed by atoms with van der Waals surface area (Å²) in [5.74, 6) is -0.845. The maximum absolute atomic E-state index is 13.7. The molecule has 10 heteroatoms. The van der Waals surface area contributed by atoms with Crippen molar-refractivity contribution in [2.45, 2.75) is 50.6 Å². The highest BCUT2D eigenvalue weighted by Gasteiger charge is 2.32. The Bertz CT molecular complexity index is 1380. The van der Waals surface area contributed by atoms with Crippen molar-refractivity contribution in [2.24, 2.45) is 0 Å². The zero-order chi connectivity index (χ0) is 27.9. The molecule has 0 radical (unpaired) electrons. The summed E-state index contributed by atoms with van der Waals surface area (Å²) in [6.07, 6.45) is 2.04. The van der Waals surface area contributed by atoms with Crippen LogP contribution in [0.15, 0.2) is 65.6 Å². The summed E-state index contributed by atoms with van der Waals surface area (Å²) in [7, 11) is -2.63. The van der Waals surface area contributed by atoms with Crippen LogP contribution in [0.1, 0.15) is 38.7 Å². The smallest absolute Gasteiger partial charge is 0.243 e. The fourth-order valence-electron chi connectivity index (χ4n) is 4.15. The van der Waals surface area contributed by atoms with Gasteiger partial charge in [0.25, 0.3) is 0 Å². The lowest BCUT2D eigenvalue weighted by Gasteiger charge is -2.32. The molecule has 0 spiro atoms. The van der Waals surface area contributed by atoms with E-state index in [1.54, 1.807) is 37.3 Å². The van der Waals surface area contributed by atoms with Gasteiger partial charge in [0.2, 0.25) is 21.8 Å². The summed E-state index contributed by atoms with van der Waals surface area (Å²) in [6.45, 7) is 3.80. The molecule has 3 aromatic carbocycles. The van der Waals surface area contributed by atoms with Gasteiger partial charge >= 0.3 is 0 Å². The molecule has 0 saturated carbocycles. The van der Waals surface area contributed by atoms with Gasteiger partial charge in [-0.25, -0.2) is 8.42 Å². The Morgan fingerprint density at radius 2 is 1.61 bits per heavy atom. The van der Waals surface area contributed by atoms with Crippen molar-refractivity contribution in [3.8, 4) is 0 Å².